The van der Waals surface area contributed by atoms with Crippen LogP contribution in [0.3, 0.4) is 0 Å². The van der Waals surface area contributed by atoms with Gasteiger partial charge in [0.05, 0.1) is 6.26 Å². The van der Waals surface area contributed by atoms with Crippen molar-refractivity contribution in [3.05, 3.63) is 59.5 Å². The Morgan fingerprint density at radius 3 is 2.88 bits per heavy atom. The number of hydrogen-bond donors (Lipinski definition) is 2. The standard InChI is InChI=1S/C18H15N5O/c1-11-5-6-14(12(2)8-11)21-18-16(15-4-3-7-24-15)22-17-13(9-19)10-20-23(17)18/h3-8,10,20-21H,1-2H3. The van der Waals surface area contributed by atoms with Crippen molar-refractivity contribution in [2.24, 2.45) is 0 Å². The van der Waals surface area contributed by atoms with E-state index in [-0.39, 0.29) is 0 Å². The first kappa shape index (κ1) is 14.2. The quantitative estimate of drug-likeness (QED) is 0.594. The number of anilines is 2. The molecule has 0 aliphatic rings. The van der Waals surface area contributed by atoms with Crippen LogP contribution in [-0.4, -0.2) is 14.6 Å². The third-order valence-corrected chi connectivity index (χ3v) is 3.97. The Morgan fingerprint density at radius 2 is 2.17 bits per heavy atom. The molecule has 6 heteroatoms. The highest BCUT2D eigenvalue weighted by atomic mass is 16.3. The molecule has 0 bridgehead atoms. The zero-order valence-corrected chi connectivity index (χ0v) is 13.3. The predicted molar refractivity (Wildman–Crippen MR) is 91.2 cm³/mol. The third-order valence-electron chi connectivity index (χ3n) is 3.97. The molecule has 0 aliphatic heterocycles. The smallest absolute Gasteiger partial charge is 0.173 e. The predicted octanol–water partition coefficient (Wildman–Crippen LogP) is 4.15. The second-order valence-corrected chi connectivity index (χ2v) is 5.69. The van der Waals surface area contributed by atoms with E-state index in [1.165, 1.54) is 5.56 Å². The van der Waals surface area contributed by atoms with E-state index in [9.17, 15) is 5.26 Å². The monoisotopic (exact) mass is 317 g/mol. The molecular weight excluding hydrogens is 302 g/mol. The van der Waals surface area contributed by atoms with Crippen molar-refractivity contribution in [2.75, 3.05) is 5.32 Å². The van der Waals surface area contributed by atoms with Crippen molar-refractivity contribution in [3.63, 3.8) is 0 Å². The first-order valence-corrected chi connectivity index (χ1v) is 7.55. The van der Waals surface area contributed by atoms with Gasteiger partial charge in [-0.25, -0.2) is 9.50 Å². The summed E-state index contributed by atoms with van der Waals surface area (Å²) in [4.78, 5) is 4.58. The molecule has 2 N–H and O–H groups in total. The maximum atomic E-state index is 9.25. The van der Waals surface area contributed by atoms with Crippen molar-refractivity contribution in [2.45, 2.75) is 13.8 Å². The molecule has 3 aromatic heterocycles. The van der Waals surface area contributed by atoms with Crippen molar-refractivity contribution in [1.82, 2.24) is 14.6 Å². The van der Waals surface area contributed by atoms with Crippen molar-refractivity contribution in [3.8, 4) is 17.5 Å². The molecule has 0 atom stereocenters. The maximum absolute atomic E-state index is 9.25. The SMILES string of the molecule is Cc1ccc(Nc2c(-c3ccco3)nc3c(C#N)c[nH]n23)c(C)c1. The van der Waals surface area contributed by atoms with Crippen LogP contribution in [-0.2, 0) is 0 Å². The normalized spacial score (nSPS) is 10.9. The summed E-state index contributed by atoms with van der Waals surface area (Å²) in [5.74, 6) is 1.37. The number of nitrogens with zero attached hydrogens (tertiary/aromatic N) is 3. The lowest BCUT2D eigenvalue weighted by Crippen LogP contribution is -1.99. The van der Waals surface area contributed by atoms with Gasteiger partial charge in [-0.2, -0.15) is 5.26 Å². The summed E-state index contributed by atoms with van der Waals surface area (Å²) in [5.41, 5.74) is 5.01. The lowest BCUT2D eigenvalue weighted by Gasteiger charge is -2.10. The summed E-state index contributed by atoms with van der Waals surface area (Å²) in [6.45, 7) is 4.11. The average molecular weight is 317 g/mol. The molecular formula is C18H15N5O. The van der Waals surface area contributed by atoms with Gasteiger partial charge in [-0.05, 0) is 37.6 Å². The van der Waals surface area contributed by atoms with Gasteiger partial charge in [-0.15, -0.1) is 0 Å². The highest BCUT2D eigenvalue weighted by Crippen LogP contribution is 2.33. The second-order valence-electron chi connectivity index (χ2n) is 5.69. The molecule has 1 aromatic carbocycles. The molecule has 0 saturated heterocycles. The van der Waals surface area contributed by atoms with Gasteiger partial charge in [0.25, 0.3) is 0 Å². The Kier molecular flexibility index (Phi) is 3.14. The number of aromatic nitrogens is 3. The molecule has 6 nitrogen and oxygen atoms in total. The van der Waals surface area contributed by atoms with E-state index >= 15 is 0 Å². The van der Waals surface area contributed by atoms with Crippen molar-refractivity contribution in [1.29, 1.82) is 5.26 Å². The summed E-state index contributed by atoms with van der Waals surface area (Å²) < 4.78 is 7.27. The summed E-state index contributed by atoms with van der Waals surface area (Å²) in [6, 6.07) is 12.0. The molecule has 0 amide bonds. The fourth-order valence-electron chi connectivity index (χ4n) is 2.78. The molecule has 0 saturated carbocycles. The van der Waals surface area contributed by atoms with Crippen molar-refractivity contribution >= 4 is 17.2 Å². The number of rotatable bonds is 3. The zero-order chi connectivity index (χ0) is 16.7. The van der Waals surface area contributed by atoms with E-state index in [1.54, 1.807) is 17.0 Å². The first-order chi connectivity index (χ1) is 11.7. The van der Waals surface area contributed by atoms with Crippen LogP contribution in [0.1, 0.15) is 16.7 Å². The molecule has 0 radical (unpaired) electrons. The summed E-state index contributed by atoms with van der Waals surface area (Å²) >= 11 is 0. The van der Waals surface area contributed by atoms with E-state index in [4.69, 9.17) is 4.42 Å². The number of H-pyrrole nitrogens is 1. The lowest BCUT2D eigenvalue weighted by molar-refractivity contribution is 0.580. The van der Waals surface area contributed by atoms with Crippen LogP contribution in [0, 0.1) is 25.2 Å². The van der Waals surface area contributed by atoms with Crippen LogP contribution in [0.15, 0.2) is 47.2 Å². The molecule has 4 rings (SSSR count). The Hall–Kier alpha value is -3.46. The van der Waals surface area contributed by atoms with E-state index in [0.29, 0.717) is 22.7 Å². The van der Waals surface area contributed by atoms with Gasteiger partial charge in [0, 0.05) is 11.9 Å². The van der Waals surface area contributed by atoms with Crippen LogP contribution in [0.4, 0.5) is 11.5 Å². The number of benzene rings is 1. The minimum absolute atomic E-state index is 0.483. The van der Waals surface area contributed by atoms with Crippen LogP contribution in [0.2, 0.25) is 0 Å². The summed E-state index contributed by atoms with van der Waals surface area (Å²) in [5, 5.41) is 15.7. The fourth-order valence-corrected chi connectivity index (χ4v) is 2.78. The van der Waals surface area contributed by atoms with Gasteiger partial charge in [-0.1, -0.05) is 17.7 Å². The van der Waals surface area contributed by atoms with Gasteiger partial charge in [0.2, 0.25) is 0 Å². The molecule has 3 heterocycles. The number of aryl methyl sites for hydroxylation is 2. The number of furan rings is 1. The number of imidazole rings is 1. The van der Waals surface area contributed by atoms with Crippen molar-refractivity contribution < 1.29 is 4.42 Å². The minimum Gasteiger partial charge on any atom is -0.463 e. The van der Waals surface area contributed by atoms with Gasteiger partial charge >= 0.3 is 0 Å². The van der Waals surface area contributed by atoms with Gasteiger partial charge in [0.15, 0.2) is 22.9 Å². The number of nitriles is 1. The molecule has 0 spiro atoms. The van der Waals surface area contributed by atoms with E-state index < -0.39 is 0 Å². The average Bonchev–Trinajstić information content (AvgIpc) is 3.27. The van der Waals surface area contributed by atoms with Crippen LogP contribution < -0.4 is 5.32 Å². The van der Waals surface area contributed by atoms with Crippen LogP contribution >= 0.6 is 0 Å². The Morgan fingerprint density at radius 1 is 1.29 bits per heavy atom. The van der Waals surface area contributed by atoms with E-state index in [1.807, 2.05) is 18.2 Å². The summed E-state index contributed by atoms with van der Waals surface area (Å²) in [7, 11) is 0. The van der Waals surface area contributed by atoms with Crippen LogP contribution in [0.5, 0.6) is 0 Å². The number of nitrogens with one attached hydrogen (secondary N) is 2. The molecule has 118 valence electrons. The molecule has 0 unspecified atom stereocenters. The van der Waals surface area contributed by atoms with Gasteiger partial charge < -0.3 is 9.73 Å². The Bertz CT molecular complexity index is 1060. The molecule has 0 fully saturated rings. The molecule has 24 heavy (non-hydrogen) atoms. The lowest BCUT2D eigenvalue weighted by atomic mass is 10.1. The van der Waals surface area contributed by atoms with Crippen LogP contribution in [0.25, 0.3) is 17.1 Å². The van der Waals surface area contributed by atoms with E-state index in [2.05, 4.69) is 47.4 Å². The maximum Gasteiger partial charge on any atom is 0.173 e. The fraction of sp³-hybridized carbons (Fsp3) is 0.111. The number of aromatic amines is 1. The highest BCUT2D eigenvalue weighted by Gasteiger charge is 2.20. The van der Waals surface area contributed by atoms with E-state index in [0.717, 1.165) is 17.1 Å². The molecule has 0 aliphatic carbocycles. The second kappa shape index (κ2) is 5.32. The number of hydrogen-bond acceptors (Lipinski definition) is 4. The van der Waals surface area contributed by atoms with Gasteiger partial charge in [-0.3, -0.25) is 5.10 Å². The highest BCUT2D eigenvalue weighted by molar-refractivity contribution is 5.79. The molecule has 4 aromatic rings. The zero-order valence-electron chi connectivity index (χ0n) is 13.3. The Balaban J connectivity index is 1.91. The topological polar surface area (TPSA) is 82.0 Å². The largest absolute Gasteiger partial charge is 0.463 e. The Labute approximate surface area is 138 Å². The summed E-state index contributed by atoms with van der Waals surface area (Å²) in [6.07, 6.45) is 3.25. The minimum atomic E-state index is 0.483. The number of fused-ring (bicyclic) bond motifs is 1. The van der Waals surface area contributed by atoms with Gasteiger partial charge in [0.1, 0.15) is 11.6 Å². The third kappa shape index (κ3) is 2.15. The first-order valence-electron chi connectivity index (χ1n) is 7.55.